The van der Waals surface area contributed by atoms with Gasteiger partial charge in [-0.25, -0.2) is 0 Å². The number of rotatable bonds is 2. The molecule has 11 heteroatoms. The fraction of sp³-hybridized carbons (Fsp3) is 0. The molecule has 0 saturated heterocycles. The van der Waals surface area contributed by atoms with Gasteiger partial charge in [-0.05, 0) is 12.2 Å². The van der Waals surface area contributed by atoms with Crippen molar-refractivity contribution in [3.05, 3.63) is 12.2 Å². The van der Waals surface area contributed by atoms with Crippen LogP contribution in [0.1, 0.15) is 0 Å². The third-order valence-electron chi connectivity index (χ3n) is 0.355. The molecule has 0 aliphatic heterocycles. The average molecular weight is 625 g/mol. The zero-order valence-corrected chi connectivity index (χ0v) is 15.4. The number of carboxylic acids is 2. The summed E-state index contributed by atoms with van der Waals surface area (Å²) < 4.78 is 34.1. The topological polar surface area (TPSA) is 161 Å². The molecule has 0 aromatic carbocycles. The fourth-order valence-electron chi connectivity index (χ4n) is 0.136. The summed E-state index contributed by atoms with van der Waals surface area (Å²) in [5.74, 6) is -3.09. The van der Waals surface area contributed by atoms with Crippen molar-refractivity contribution < 1.29 is 37.3 Å². The molecule has 0 fully saturated rings. The van der Waals surface area contributed by atoms with Crippen molar-refractivity contribution in [1.82, 2.24) is 0 Å². The Morgan fingerprint density at radius 3 is 1.07 bits per heavy atom. The summed E-state index contributed by atoms with van der Waals surface area (Å²) in [6.07, 6.45) is 0.769. The maximum atomic E-state index is 9.41. The van der Waals surface area contributed by atoms with Gasteiger partial charge in [-0.2, -0.15) is 0 Å². The molecule has 0 aromatic heterocycles. The first-order valence-corrected chi connectivity index (χ1v) is 3.73. The van der Waals surface area contributed by atoms with E-state index in [4.69, 9.17) is 17.5 Å². The molecular weight excluding hydrogens is 623 g/mol. The van der Waals surface area contributed by atoms with Gasteiger partial charge in [0.05, 0.1) is 11.9 Å². The number of carboxylic acid groups (broad SMARTS) is 2. The smallest absolute Gasteiger partial charge is 0.759 e. The summed E-state index contributed by atoms with van der Waals surface area (Å²) in [6.45, 7) is 0. The first-order valence-electron chi connectivity index (χ1n) is 2.39. The van der Waals surface area contributed by atoms with E-state index in [0.717, 1.165) is 0 Å². The van der Waals surface area contributed by atoms with E-state index in [1.165, 1.54) is 0 Å². The molecule has 4 radical (unpaired) electrons. The molecule has 0 aliphatic carbocycles. The maximum Gasteiger partial charge on any atom is 2.00 e. The second-order valence-electron chi connectivity index (χ2n) is 1.38. The van der Waals surface area contributed by atoms with Gasteiger partial charge in [0.2, 0.25) is 0 Å². The molecular formula is C4H2O8Pb2S. The first kappa shape index (κ1) is 24.6. The maximum absolute atomic E-state index is 9.41. The molecule has 0 aliphatic rings. The van der Waals surface area contributed by atoms with E-state index in [1.54, 1.807) is 0 Å². The molecule has 0 spiro atoms. The molecule has 0 amide bonds. The zero-order chi connectivity index (χ0) is 11.1. The monoisotopic (exact) mass is 626 g/mol. The van der Waals surface area contributed by atoms with Crippen molar-refractivity contribution in [2.45, 2.75) is 0 Å². The molecule has 0 unspecified atom stereocenters. The van der Waals surface area contributed by atoms with Crippen LogP contribution in [0.25, 0.3) is 0 Å². The summed E-state index contributed by atoms with van der Waals surface area (Å²) in [7, 11) is -5.17. The van der Waals surface area contributed by atoms with Gasteiger partial charge in [-0.3, -0.25) is 8.42 Å². The van der Waals surface area contributed by atoms with Crippen molar-refractivity contribution in [1.29, 1.82) is 0 Å². The van der Waals surface area contributed by atoms with Gasteiger partial charge in [0, 0.05) is 10.4 Å². The van der Waals surface area contributed by atoms with Crippen molar-refractivity contribution in [2.75, 3.05) is 0 Å². The largest absolute Gasteiger partial charge is 2.00 e. The van der Waals surface area contributed by atoms with Crippen molar-refractivity contribution in [2.24, 2.45) is 0 Å². The molecule has 0 aromatic rings. The van der Waals surface area contributed by atoms with Gasteiger partial charge >= 0.3 is 54.6 Å². The van der Waals surface area contributed by atoms with Crippen LogP contribution in [0.4, 0.5) is 0 Å². The van der Waals surface area contributed by atoms with E-state index in [0.29, 0.717) is 12.2 Å². The summed E-state index contributed by atoms with van der Waals surface area (Å²) in [6, 6.07) is 0. The Morgan fingerprint density at radius 2 is 1.00 bits per heavy atom. The second-order valence-corrected chi connectivity index (χ2v) is 2.20. The van der Waals surface area contributed by atoms with E-state index >= 15 is 0 Å². The normalized spacial score (nSPS) is 8.93. The summed E-state index contributed by atoms with van der Waals surface area (Å²) >= 11 is 0. The van der Waals surface area contributed by atoms with Crippen LogP contribution >= 0.6 is 0 Å². The minimum atomic E-state index is -5.17. The van der Waals surface area contributed by atoms with E-state index in [1.807, 2.05) is 0 Å². The van der Waals surface area contributed by atoms with Gasteiger partial charge < -0.3 is 28.9 Å². The van der Waals surface area contributed by atoms with Crippen molar-refractivity contribution >= 4 is 76.9 Å². The number of aliphatic carboxylic acids is 2. The van der Waals surface area contributed by atoms with Crippen molar-refractivity contribution in [3.63, 3.8) is 0 Å². The Bertz CT molecular complexity index is 283. The number of hydrogen-bond donors (Lipinski definition) is 0. The first-order chi connectivity index (χ1) is 5.63. The zero-order valence-electron chi connectivity index (χ0n) is 6.83. The van der Waals surface area contributed by atoms with E-state index in [-0.39, 0.29) is 54.6 Å². The van der Waals surface area contributed by atoms with Crippen LogP contribution in [0.2, 0.25) is 0 Å². The summed E-state index contributed by atoms with van der Waals surface area (Å²) in [5, 5.41) is 18.8. The number of carbonyl (C=O) groups excluding carboxylic acids is 2. The van der Waals surface area contributed by atoms with Crippen LogP contribution < -0.4 is 10.2 Å². The van der Waals surface area contributed by atoms with Crippen LogP contribution in [-0.4, -0.2) is 84.1 Å². The van der Waals surface area contributed by atoms with Crippen LogP contribution in [0.15, 0.2) is 12.2 Å². The van der Waals surface area contributed by atoms with Gasteiger partial charge in [0.1, 0.15) is 0 Å². The minimum Gasteiger partial charge on any atom is -0.759 e. The molecule has 0 rings (SSSR count). The Hall–Kier alpha value is 0.394. The third kappa shape index (κ3) is 76.0. The third-order valence-corrected chi connectivity index (χ3v) is 0.355. The SMILES string of the molecule is O=C([O-])/C=C\C(=O)[O-].O=S(=O)([O-])[O-].[Pb+2].[Pb+2]. The molecule has 80 valence electrons. The molecule has 0 bridgehead atoms. The van der Waals surface area contributed by atoms with Crippen LogP contribution in [0.5, 0.6) is 0 Å². The number of carbonyl (C=O) groups is 2. The molecule has 8 nitrogen and oxygen atoms in total. The minimum absolute atomic E-state index is 0. The number of hydrogen-bond acceptors (Lipinski definition) is 8. The predicted octanol–water partition coefficient (Wildman–Crippen LogP) is -5.06. The van der Waals surface area contributed by atoms with Gasteiger partial charge in [-0.15, -0.1) is 0 Å². The predicted molar refractivity (Wildman–Crippen MR) is 41.1 cm³/mol. The quantitative estimate of drug-likeness (QED) is 0.128. The molecule has 0 N–H and O–H groups in total. The van der Waals surface area contributed by atoms with Crippen LogP contribution in [-0.2, 0) is 20.0 Å². The Labute approximate surface area is 125 Å². The summed E-state index contributed by atoms with van der Waals surface area (Å²) in [5.41, 5.74) is 0. The molecule has 0 atom stereocenters. The van der Waals surface area contributed by atoms with E-state index < -0.39 is 22.3 Å². The van der Waals surface area contributed by atoms with Gasteiger partial charge in [0.25, 0.3) is 0 Å². The summed E-state index contributed by atoms with van der Waals surface area (Å²) in [4.78, 5) is 18.8. The molecule has 0 saturated carbocycles. The van der Waals surface area contributed by atoms with Crippen LogP contribution in [0, 0.1) is 0 Å². The van der Waals surface area contributed by atoms with Gasteiger partial charge in [0.15, 0.2) is 0 Å². The van der Waals surface area contributed by atoms with E-state index in [9.17, 15) is 19.8 Å². The average Bonchev–Trinajstić information content (AvgIpc) is 1.79. The Balaban J connectivity index is -0.0000000770. The Morgan fingerprint density at radius 1 is 0.867 bits per heavy atom. The standard InChI is InChI=1S/C4H4O4.H2O4S.2Pb/c5-3(6)1-2-4(7)8;1-5(2,3)4;;/h1-2H,(H,5,6)(H,7,8);(H2,1,2,3,4);;/q;;2*+2/p-4/b2-1-;;;. The Kier molecular flexibility index (Phi) is 20.4. The van der Waals surface area contributed by atoms with E-state index in [2.05, 4.69) is 0 Å². The molecule has 15 heavy (non-hydrogen) atoms. The molecule has 0 heterocycles. The fourth-order valence-corrected chi connectivity index (χ4v) is 0.136. The second kappa shape index (κ2) is 12.5. The van der Waals surface area contributed by atoms with Crippen molar-refractivity contribution in [3.8, 4) is 0 Å². The van der Waals surface area contributed by atoms with Crippen LogP contribution in [0.3, 0.4) is 0 Å². The van der Waals surface area contributed by atoms with Gasteiger partial charge in [-0.1, -0.05) is 0 Å².